The monoisotopic (exact) mass is 224 g/mol. The zero-order valence-corrected chi connectivity index (χ0v) is 9.43. The predicted molar refractivity (Wildman–Crippen MR) is 58.6 cm³/mol. The quantitative estimate of drug-likeness (QED) is 0.798. The first kappa shape index (κ1) is 12.4. The fourth-order valence-electron chi connectivity index (χ4n) is 1.40. The lowest BCUT2D eigenvalue weighted by atomic mass is 10.0. The number of aromatic nitrogens is 1. The molecule has 0 unspecified atom stereocenters. The van der Waals surface area contributed by atoms with E-state index in [4.69, 9.17) is 15.6 Å². The van der Waals surface area contributed by atoms with Gasteiger partial charge in [0, 0.05) is 18.3 Å². The van der Waals surface area contributed by atoms with Crippen LogP contribution in [0.1, 0.15) is 25.1 Å². The second kappa shape index (κ2) is 4.94. The minimum atomic E-state index is -0.794. The second-order valence-electron chi connectivity index (χ2n) is 4.17. The van der Waals surface area contributed by atoms with E-state index in [0.29, 0.717) is 6.42 Å². The summed E-state index contributed by atoms with van der Waals surface area (Å²) in [6.45, 7) is 3.49. The van der Waals surface area contributed by atoms with Gasteiger partial charge in [0.25, 0.3) is 0 Å². The van der Waals surface area contributed by atoms with Crippen LogP contribution >= 0.6 is 0 Å². The third kappa shape index (κ3) is 3.86. The maximum atomic E-state index is 10.7. The zero-order valence-electron chi connectivity index (χ0n) is 9.43. The number of aliphatic hydroxyl groups is 1. The molecule has 1 heterocycles. The van der Waals surface area contributed by atoms with Crippen LogP contribution in [0.3, 0.4) is 0 Å². The molecule has 0 saturated heterocycles. The van der Waals surface area contributed by atoms with Gasteiger partial charge in [-0.05, 0) is 25.5 Å². The summed E-state index contributed by atoms with van der Waals surface area (Å²) in [5, 5.41) is 8.85. The van der Waals surface area contributed by atoms with Gasteiger partial charge in [0.15, 0.2) is 0 Å². The lowest BCUT2D eigenvalue weighted by Crippen LogP contribution is -2.33. The summed E-state index contributed by atoms with van der Waals surface area (Å²) >= 11 is 0. The van der Waals surface area contributed by atoms with E-state index in [1.807, 2.05) is 0 Å². The first-order valence-electron chi connectivity index (χ1n) is 4.96. The molecule has 1 aromatic rings. The Balaban J connectivity index is 2.68. The van der Waals surface area contributed by atoms with Gasteiger partial charge in [-0.2, -0.15) is 0 Å². The van der Waals surface area contributed by atoms with E-state index >= 15 is 0 Å². The van der Waals surface area contributed by atoms with Crippen LogP contribution < -0.4 is 5.73 Å². The number of hydrogen-bond acceptors (Lipinski definition) is 4. The molecule has 3 N–H and O–H groups in total. The molecule has 0 aliphatic carbocycles. The van der Waals surface area contributed by atoms with Gasteiger partial charge in [-0.1, -0.05) is 6.07 Å². The molecular weight excluding hydrogens is 208 g/mol. The fraction of sp³-hybridized carbons (Fsp3) is 0.455. The van der Waals surface area contributed by atoms with Crippen molar-refractivity contribution >= 4 is 6.09 Å². The molecule has 0 atom stereocenters. The summed E-state index contributed by atoms with van der Waals surface area (Å²) in [6, 6.07) is 3.57. The van der Waals surface area contributed by atoms with Gasteiger partial charge in [-0.3, -0.25) is 4.98 Å². The number of hydrogen-bond donors (Lipinski definition) is 2. The number of pyridine rings is 1. The number of carbonyl (C=O) groups is 1. The largest absolute Gasteiger partial charge is 0.443 e. The third-order valence-corrected chi connectivity index (χ3v) is 2.05. The first-order valence-corrected chi connectivity index (χ1v) is 4.96. The van der Waals surface area contributed by atoms with E-state index in [-0.39, 0.29) is 6.61 Å². The van der Waals surface area contributed by atoms with Crippen molar-refractivity contribution < 1.29 is 14.6 Å². The van der Waals surface area contributed by atoms with E-state index in [0.717, 1.165) is 11.3 Å². The van der Waals surface area contributed by atoms with Crippen molar-refractivity contribution in [2.45, 2.75) is 32.5 Å². The maximum absolute atomic E-state index is 10.7. The summed E-state index contributed by atoms with van der Waals surface area (Å²) in [5.74, 6) is 0. The number of primary amides is 1. The number of amides is 1. The minimum absolute atomic E-state index is 0.0333. The Kier molecular flexibility index (Phi) is 3.84. The topological polar surface area (TPSA) is 85.4 Å². The average Bonchev–Trinajstić information content (AvgIpc) is 2.16. The minimum Gasteiger partial charge on any atom is -0.443 e. The van der Waals surface area contributed by atoms with Crippen molar-refractivity contribution in [1.82, 2.24) is 4.98 Å². The van der Waals surface area contributed by atoms with Crippen LogP contribution in [0.2, 0.25) is 0 Å². The number of aliphatic hydroxyl groups excluding tert-OH is 1. The fourth-order valence-corrected chi connectivity index (χ4v) is 1.40. The Labute approximate surface area is 94.2 Å². The molecule has 0 bridgehead atoms. The van der Waals surface area contributed by atoms with Crippen LogP contribution in [-0.2, 0) is 17.8 Å². The number of carbonyl (C=O) groups excluding carboxylic acids is 1. The van der Waals surface area contributed by atoms with Crippen LogP contribution in [0.25, 0.3) is 0 Å². The molecule has 0 spiro atoms. The first-order chi connectivity index (χ1) is 7.43. The van der Waals surface area contributed by atoms with Crippen LogP contribution in [-0.4, -0.2) is 21.8 Å². The van der Waals surface area contributed by atoms with Crippen molar-refractivity contribution in [3.05, 3.63) is 29.6 Å². The molecule has 88 valence electrons. The SMILES string of the molecule is CC(C)(Cc1ccc(CO)cn1)OC(N)=O. The lowest BCUT2D eigenvalue weighted by molar-refractivity contribution is 0.0453. The Hall–Kier alpha value is -1.62. The second-order valence-corrected chi connectivity index (χ2v) is 4.17. The van der Waals surface area contributed by atoms with E-state index in [9.17, 15) is 4.79 Å². The van der Waals surface area contributed by atoms with Crippen molar-refractivity contribution in [3.63, 3.8) is 0 Å². The molecule has 0 aromatic carbocycles. The van der Waals surface area contributed by atoms with Crippen molar-refractivity contribution in [3.8, 4) is 0 Å². The van der Waals surface area contributed by atoms with Crippen LogP contribution in [0.15, 0.2) is 18.3 Å². The normalized spacial score (nSPS) is 11.2. The Morgan fingerprint density at radius 1 is 1.56 bits per heavy atom. The third-order valence-electron chi connectivity index (χ3n) is 2.05. The molecule has 5 heteroatoms. The molecule has 0 fully saturated rings. The van der Waals surface area contributed by atoms with Gasteiger partial charge >= 0.3 is 6.09 Å². The number of nitrogens with zero attached hydrogens (tertiary/aromatic N) is 1. The van der Waals surface area contributed by atoms with E-state index in [1.165, 1.54) is 0 Å². The highest BCUT2D eigenvalue weighted by Gasteiger charge is 2.22. The molecule has 16 heavy (non-hydrogen) atoms. The summed E-state index contributed by atoms with van der Waals surface area (Å²) in [7, 11) is 0. The molecule has 1 aromatic heterocycles. The van der Waals surface area contributed by atoms with Gasteiger partial charge in [0.2, 0.25) is 0 Å². The molecule has 1 amide bonds. The number of nitrogens with two attached hydrogens (primary N) is 1. The summed E-state index contributed by atoms with van der Waals surface area (Å²) in [5.41, 5.74) is 5.81. The Morgan fingerprint density at radius 3 is 2.69 bits per heavy atom. The van der Waals surface area contributed by atoms with Gasteiger partial charge in [-0.15, -0.1) is 0 Å². The number of ether oxygens (including phenoxy) is 1. The van der Waals surface area contributed by atoms with Gasteiger partial charge in [0.05, 0.1) is 6.61 Å². The molecule has 0 aliphatic rings. The summed E-state index contributed by atoms with van der Waals surface area (Å²) in [4.78, 5) is 14.8. The number of rotatable bonds is 4. The van der Waals surface area contributed by atoms with Crippen LogP contribution in [0.5, 0.6) is 0 Å². The van der Waals surface area contributed by atoms with Gasteiger partial charge in [-0.25, -0.2) is 4.79 Å². The van der Waals surface area contributed by atoms with E-state index in [1.54, 1.807) is 32.2 Å². The van der Waals surface area contributed by atoms with Gasteiger partial charge < -0.3 is 15.6 Å². The van der Waals surface area contributed by atoms with Crippen LogP contribution in [0, 0.1) is 0 Å². The zero-order chi connectivity index (χ0) is 12.2. The summed E-state index contributed by atoms with van der Waals surface area (Å²) in [6.07, 6.45) is 1.27. The van der Waals surface area contributed by atoms with Gasteiger partial charge in [0.1, 0.15) is 5.60 Å². The molecular formula is C11H16N2O3. The van der Waals surface area contributed by atoms with E-state index < -0.39 is 11.7 Å². The van der Waals surface area contributed by atoms with Crippen molar-refractivity contribution in [2.24, 2.45) is 5.73 Å². The lowest BCUT2D eigenvalue weighted by Gasteiger charge is -2.23. The van der Waals surface area contributed by atoms with Crippen LogP contribution in [0.4, 0.5) is 4.79 Å². The Morgan fingerprint density at radius 2 is 2.25 bits per heavy atom. The predicted octanol–water partition coefficient (Wildman–Crippen LogP) is 0.990. The molecule has 1 rings (SSSR count). The van der Waals surface area contributed by atoms with Crippen molar-refractivity contribution in [1.29, 1.82) is 0 Å². The van der Waals surface area contributed by atoms with Crippen molar-refractivity contribution in [2.75, 3.05) is 0 Å². The molecule has 0 aliphatic heterocycles. The highest BCUT2D eigenvalue weighted by molar-refractivity contribution is 5.65. The smallest absolute Gasteiger partial charge is 0.405 e. The summed E-state index contributed by atoms with van der Waals surface area (Å²) < 4.78 is 4.95. The molecule has 0 saturated carbocycles. The highest BCUT2D eigenvalue weighted by atomic mass is 16.6. The average molecular weight is 224 g/mol. The van der Waals surface area contributed by atoms with E-state index in [2.05, 4.69) is 4.98 Å². The maximum Gasteiger partial charge on any atom is 0.405 e. The molecule has 5 nitrogen and oxygen atoms in total. The standard InChI is InChI=1S/C11H16N2O3/c1-11(2,16-10(12)15)5-9-4-3-8(7-14)6-13-9/h3-4,6,14H,5,7H2,1-2H3,(H2,12,15). The Bertz CT molecular complexity index is 360. The highest BCUT2D eigenvalue weighted by Crippen LogP contribution is 2.15. The molecule has 0 radical (unpaired) electrons.